The van der Waals surface area contributed by atoms with E-state index in [0.29, 0.717) is 5.02 Å². The third kappa shape index (κ3) is 2.17. The maximum absolute atomic E-state index is 12.1. The number of aromatic amines is 2. The summed E-state index contributed by atoms with van der Waals surface area (Å²) in [6, 6.07) is 7.07. The molecule has 0 fully saturated rings. The zero-order valence-electron chi connectivity index (χ0n) is 10.1. The molecule has 100 valence electrons. The molecule has 2 heterocycles. The van der Waals surface area contributed by atoms with Crippen molar-refractivity contribution in [3.8, 4) is 0 Å². The number of nitrogens with zero attached hydrogens (tertiary/aromatic N) is 2. The maximum atomic E-state index is 12.1. The summed E-state index contributed by atoms with van der Waals surface area (Å²) in [4.78, 5) is 33.0. The minimum absolute atomic E-state index is 0.243. The number of rotatable bonds is 2. The summed E-state index contributed by atoms with van der Waals surface area (Å²) in [6.45, 7) is 0. The number of nitrogens with one attached hydrogen (secondary N) is 2. The van der Waals surface area contributed by atoms with Crippen molar-refractivity contribution < 1.29 is 0 Å². The molecule has 3 rings (SSSR count). The Hall–Kier alpha value is -2.60. The van der Waals surface area contributed by atoms with E-state index in [2.05, 4.69) is 15.0 Å². The highest BCUT2D eigenvalue weighted by Crippen LogP contribution is 2.11. The van der Waals surface area contributed by atoms with E-state index < -0.39 is 11.2 Å². The van der Waals surface area contributed by atoms with Gasteiger partial charge in [0.15, 0.2) is 5.65 Å². The molecule has 0 aliphatic carbocycles. The Morgan fingerprint density at radius 2 is 2.15 bits per heavy atom. The lowest BCUT2D eigenvalue weighted by Gasteiger charge is -1.98. The summed E-state index contributed by atoms with van der Waals surface area (Å²) < 4.78 is 0.974. The minimum Gasteiger partial charge on any atom is -0.339 e. The van der Waals surface area contributed by atoms with Crippen molar-refractivity contribution >= 4 is 35.0 Å². The molecule has 0 unspecified atom stereocenters. The fraction of sp³-hybridized carbons (Fsp3) is 0. The van der Waals surface area contributed by atoms with Crippen LogP contribution < -0.4 is 11.2 Å². The van der Waals surface area contributed by atoms with Crippen molar-refractivity contribution in [3.63, 3.8) is 0 Å². The predicted octanol–water partition coefficient (Wildman–Crippen LogP) is 1.69. The average molecular weight is 289 g/mol. The topological polar surface area (TPSA) is 83.5 Å². The van der Waals surface area contributed by atoms with E-state index in [0.717, 1.165) is 10.1 Å². The highest BCUT2D eigenvalue weighted by Gasteiger charge is 2.06. The molecule has 0 saturated heterocycles. The molecule has 7 heteroatoms. The summed E-state index contributed by atoms with van der Waals surface area (Å²) in [6.07, 6.45) is 4.38. The first kappa shape index (κ1) is 12.4. The van der Waals surface area contributed by atoms with Gasteiger partial charge in [0.05, 0.1) is 6.33 Å². The van der Waals surface area contributed by atoms with Crippen molar-refractivity contribution in [2.24, 2.45) is 0 Å². The monoisotopic (exact) mass is 288 g/mol. The van der Waals surface area contributed by atoms with Crippen molar-refractivity contribution in [2.75, 3.05) is 0 Å². The summed E-state index contributed by atoms with van der Waals surface area (Å²) in [5, 5.41) is 0.581. The molecule has 0 spiro atoms. The Balaban J connectivity index is 2.11. The van der Waals surface area contributed by atoms with Crippen molar-refractivity contribution in [3.05, 3.63) is 62.0 Å². The van der Waals surface area contributed by atoms with Crippen LogP contribution in [0.2, 0.25) is 5.02 Å². The molecule has 20 heavy (non-hydrogen) atoms. The third-order valence-electron chi connectivity index (χ3n) is 2.78. The maximum Gasteiger partial charge on any atom is 0.334 e. The van der Waals surface area contributed by atoms with Crippen LogP contribution in [0.1, 0.15) is 5.56 Å². The molecule has 1 aromatic carbocycles. The first-order chi connectivity index (χ1) is 9.65. The number of hydrogen-bond acceptors (Lipinski definition) is 3. The molecule has 6 nitrogen and oxygen atoms in total. The van der Waals surface area contributed by atoms with E-state index in [1.54, 1.807) is 24.3 Å². The van der Waals surface area contributed by atoms with E-state index >= 15 is 0 Å². The second-order valence-corrected chi connectivity index (χ2v) is 4.54. The van der Waals surface area contributed by atoms with Crippen LogP contribution >= 0.6 is 11.6 Å². The van der Waals surface area contributed by atoms with E-state index in [1.165, 1.54) is 12.5 Å². The van der Waals surface area contributed by atoms with Gasteiger partial charge in [-0.15, -0.1) is 0 Å². The third-order valence-corrected chi connectivity index (χ3v) is 3.02. The highest BCUT2D eigenvalue weighted by molar-refractivity contribution is 6.30. The standard InChI is InChI=1S/C13H9ClN4O2/c14-9-3-1-2-8(6-9)4-5-18-12(19)10-11(16-7-15-10)17-13(18)20/h1-7H,(H,15,16)(H,17,20). The Labute approximate surface area is 117 Å². The summed E-state index contributed by atoms with van der Waals surface area (Å²) in [5.41, 5.74) is 0.272. The average Bonchev–Trinajstić information content (AvgIpc) is 2.87. The molecule has 0 atom stereocenters. The normalized spacial score (nSPS) is 11.4. The zero-order valence-corrected chi connectivity index (χ0v) is 10.9. The van der Waals surface area contributed by atoms with Gasteiger partial charge in [0.2, 0.25) is 0 Å². The second kappa shape index (κ2) is 4.82. The fourth-order valence-corrected chi connectivity index (χ4v) is 2.03. The molecule has 3 aromatic rings. The lowest BCUT2D eigenvalue weighted by atomic mass is 10.2. The van der Waals surface area contributed by atoms with Gasteiger partial charge in [-0.05, 0) is 23.8 Å². The Bertz CT molecular complexity index is 920. The van der Waals surface area contributed by atoms with E-state index in [1.807, 2.05) is 6.07 Å². The largest absolute Gasteiger partial charge is 0.339 e. The van der Waals surface area contributed by atoms with E-state index in [-0.39, 0.29) is 11.2 Å². The summed E-state index contributed by atoms with van der Waals surface area (Å²) >= 11 is 5.87. The van der Waals surface area contributed by atoms with Gasteiger partial charge in [-0.2, -0.15) is 0 Å². The second-order valence-electron chi connectivity index (χ2n) is 4.10. The van der Waals surface area contributed by atoms with Crippen LogP contribution in [-0.2, 0) is 0 Å². The van der Waals surface area contributed by atoms with Gasteiger partial charge in [-0.25, -0.2) is 14.3 Å². The summed E-state index contributed by atoms with van der Waals surface area (Å²) in [7, 11) is 0. The van der Waals surface area contributed by atoms with Gasteiger partial charge in [0.1, 0.15) is 5.52 Å². The molecule has 2 N–H and O–H groups in total. The van der Waals surface area contributed by atoms with Gasteiger partial charge in [-0.1, -0.05) is 23.7 Å². The van der Waals surface area contributed by atoms with Gasteiger partial charge < -0.3 is 4.98 Å². The lowest BCUT2D eigenvalue weighted by Crippen LogP contribution is -2.31. The van der Waals surface area contributed by atoms with Crippen LogP contribution in [0.25, 0.3) is 23.4 Å². The molecule has 0 radical (unpaired) electrons. The number of H-pyrrole nitrogens is 2. The number of halogens is 1. The van der Waals surface area contributed by atoms with Crippen LogP contribution in [0.3, 0.4) is 0 Å². The molecule has 0 saturated carbocycles. The molecule has 0 bridgehead atoms. The quantitative estimate of drug-likeness (QED) is 0.753. The van der Waals surface area contributed by atoms with Gasteiger partial charge in [0, 0.05) is 11.2 Å². The molecule has 0 aliphatic heterocycles. The Morgan fingerprint density at radius 1 is 1.30 bits per heavy atom. The van der Waals surface area contributed by atoms with Crippen LogP contribution in [-0.4, -0.2) is 19.5 Å². The van der Waals surface area contributed by atoms with Crippen molar-refractivity contribution in [1.29, 1.82) is 0 Å². The SMILES string of the molecule is O=c1[nH]c2nc[nH]c2c(=O)n1C=Cc1cccc(Cl)c1. The van der Waals surface area contributed by atoms with Crippen molar-refractivity contribution in [2.45, 2.75) is 0 Å². The summed E-state index contributed by atoms with van der Waals surface area (Å²) in [5.74, 6) is 0. The number of hydrogen-bond donors (Lipinski definition) is 2. The van der Waals surface area contributed by atoms with E-state index in [9.17, 15) is 9.59 Å². The highest BCUT2D eigenvalue weighted by atomic mass is 35.5. The lowest BCUT2D eigenvalue weighted by molar-refractivity contribution is 0.947. The molecule has 0 aliphatic rings. The molecular weight excluding hydrogens is 280 g/mol. The predicted molar refractivity (Wildman–Crippen MR) is 77.7 cm³/mol. The zero-order chi connectivity index (χ0) is 14.1. The van der Waals surface area contributed by atoms with Crippen LogP contribution in [0, 0.1) is 0 Å². The van der Waals surface area contributed by atoms with Crippen LogP contribution in [0.15, 0.2) is 40.2 Å². The number of imidazole rings is 1. The van der Waals surface area contributed by atoms with Gasteiger partial charge in [0.25, 0.3) is 5.56 Å². The molecule has 2 aromatic heterocycles. The smallest absolute Gasteiger partial charge is 0.334 e. The number of fused-ring (bicyclic) bond motifs is 1. The molecular formula is C13H9ClN4O2. The van der Waals surface area contributed by atoms with Crippen molar-refractivity contribution in [1.82, 2.24) is 19.5 Å². The number of benzene rings is 1. The van der Waals surface area contributed by atoms with Crippen LogP contribution in [0.5, 0.6) is 0 Å². The minimum atomic E-state index is -0.548. The first-order valence-corrected chi connectivity index (χ1v) is 6.14. The van der Waals surface area contributed by atoms with E-state index in [4.69, 9.17) is 11.6 Å². The first-order valence-electron chi connectivity index (χ1n) is 5.77. The van der Waals surface area contributed by atoms with Gasteiger partial charge in [-0.3, -0.25) is 9.78 Å². The Morgan fingerprint density at radius 3 is 2.95 bits per heavy atom. The number of aromatic nitrogens is 4. The molecule has 0 amide bonds. The van der Waals surface area contributed by atoms with Gasteiger partial charge >= 0.3 is 5.69 Å². The fourth-order valence-electron chi connectivity index (χ4n) is 1.83. The van der Waals surface area contributed by atoms with Crippen LogP contribution in [0.4, 0.5) is 0 Å². The Kier molecular flexibility index (Phi) is 3.00.